The summed E-state index contributed by atoms with van der Waals surface area (Å²) in [4.78, 5) is 29.4. The molecule has 2 N–H and O–H groups in total. The SMILES string of the molecule is Cc1ccc(C(=O)Nc2cccc(C(Cl)OCC#N)c2)c(C(=O)NCCCCl)n1. The van der Waals surface area contributed by atoms with E-state index in [-0.39, 0.29) is 17.9 Å². The first-order valence-electron chi connectivity index (χ1n) is 8.82. The van der Waals surface area contributed by atoms with Gasteiger partial charge in [-0.3, -0.25) is 9.59 Å². The molecule has 0 aliphatic rings. The van der Waals surface area contributed by atoms with Crippen LogP contribution in [0.2, 0.25) is 0 Å². The zero-order valence-corrected chi connectivity index (χ0v) is 17.3. The van der Waals surface area contributed by atoms with Gasteiger partial charge in [0.15, 0.2) is 5.56 Å². The lowest BCUT2D eigenvalue weighted by Gasteiger charge is -2.13. The van der Waals surface area contributed by atoms with Crippen molar-refractivity contribution in [3.05, 3.63) is 58.9 Å². The topological polar surface area (TPSA) is 104 Å². The number of hydrogen-bond donors (Lipinski definition) is 2. The number of hydrogen-bond acceptors (Lipinski definition) is 5. The van der Waals surface area contributed by atoms with Crippen molar-refractivity contribution in [2.24, 2.45) is 0 Å². The van der Waals surface area contributed by atoms with E-state index in [4.69, 9.17) is 33.2 Å². The maximum absolute atomic E-state index is 12.8. The van der Waals surface area contributed by atoms with Crippen LogP contribution in [0.5, 0.6) is 0 Å². The van der Waals surface area contributed by atoms with Gasteiger partial charge in [-0.05, 0) is 43.2 Å². The fourth-order valence-electron chi connectivity index (χ4n) is 2.43. The summed E-state index contributed by atoms with van der Waals surface area (Å²) in [5.74, 6) is -0.505. The number of ether oxygens (including phenoxy) is 1. The first-order valence-corrected chi connectivity index (χ1v) is 9.79. The van der Waals surface area contributed by atoms with Crippen molar-refractivity contribution in [2.75, 3.05) is 24.3 Å². The van der Waals surface area contributed by atoms with Gasteiger partial charge < -0.3 is 15.4 Å². The molecule has 1 aromatic carbocycles. The van der Waals surface area contributed by atoms with Gasteiger partial charge in [0.2, 0.25) is 0 Å². The molecule has 1 atom stereocenters. The molecule has 0 fully saturated rings. The van der Waals surface area contributed by atoms with Crippen molar-refractivity contribution < 1.29 is 14.3 Å². The third-order valence-electron chi connectivity index (χ3n) is 3.79. The van der Waals surface area contributed by atoms with E-state index in [1.54, 1.807) is 43.3 Å². The van der Waals surface area contributed by atoms with Gasteiger partial charge >= 0.3 is 0 Å². The van der Waals surface area contributed by atoms with Gasteiger partial charge in [-0.25, -0.2) is 4.98 Å². The molecule has 2 aromatic rings. The number of aromatic nitrogens is 1. The predicted molar refractivity (Wildman–Crippen MR) is 111 cm³/mol. The number of carbonyl (C=O) groups excluding carboxylic acids is 2. The Bertz CT molecular complexity index is 915. The van der Waals surface area contributed by atoms with E-state index < -0.39 is 17.4 Å². The number of nitrogens with zero attached hydrogens (tertiary/aromatic N) is 2. The smallest absolute Gasteiger partial charge is 0.270 e. The number of alkyl halides is 2. The van der Waals surface area contributed by atoms with Gasteiger partial charge in [0.25, 0.3) is 11.8 Å². The minimum atomic E-state index is -0.823. The lowest BCUT2D eigenvalue weighted by atomic mass is 10.1. The molecule has 0 spiro atoms. The molecular weight excluding hydrogens is 415 g/mol. The lowest BCUT2D eigenvalue weighted by Crippen LogP contribution is -2.29. The van der Waals surface area contributed by atoms with E-state index in [2.05, 4.69) is 15.6 Å². The number of nitrogens with one attached hydrogen (secondary N) is 2. The number of benzene rings is 1. The van der Waals surface area contributed by atoms with Crippen molar-refractivity contribution in [3.63, 3.8) is 0 Å². The van der Waals surface area contributed by atoms with Crippen molar-refractivity contribution in [1.29, 1.82) is 5.26 Å². The quantitative estimate of drug-likeness (QED) is 0.461. The Morgan fingerprint density at radius 3 is 2.79 bits per heavy atom. The molecule has 2 amide bonds. The highest BCUT2D eigenvalue weighted by Crippen LogP contribution is 2.24. The number of rotatable bonds is 9. The highest BCUT2D eigenvalue weighted by atomic mass is 35.5. The second-order valence-electron chi connectivity index (χ2n) is 6.01. The Balaban J connectivity index is 2.19. The van der Waals surface area contributed by atoms with Crippen LogP contribution in [0.3, 0.4) is 0 Å². The van der Waals surface area contributed by atoms with Gasteiger partial charge in [-0.2, -0.15) is 5.26 Å². The maximum Gasteiger partial charge on any atom is 0.270 e. The van der Waals surface area contributed by atoms with Gasteiger partial charge in [0.1, 0.15) is 12.3 Å². The van der Waals surface area contributed by atoms with Crippen molar-refractivity contribution in [1.82, 2.24) is 10.3 Å². The van der Waals surface area contributed by atoms with E-state index >= 15 is 0 Å². The summed E-state index contributed by atoms with van der Waals surface area (Å²) in [6.07, 6.45) is 0.612. The molecule has 152 valence electrons. The molecule has 0 bridgehead atoms. The van der Waals surface area contributed by atoms with Crippen LogP contribution >= 0.6 is 23.2 Å². The van der Waals surface area contributed by atoms with Gasteiger partial charge in [0, 0.05) is 23.8 Å². The highest BCUT2D eigenvalue weighted by Gasteiger charge is 2.19. The summed E-state index contributed by atoms with van der Waals surface area (Å²) in [7, 11) is 0. The van der Waals surface area contributed by atoms with Crippen molar-refractivity contribution >= 4 is 40.7 Å². The molecule has 0 radical (unpaired) electrons. The summed E-state index contributed by atoms with van der Waals surface area (Å²) in [5.41, 5.74) is 1.03. The molecule has 7 nitrogen and oxygen atoms in total. The molecule has 0 saturated carbocycles. The summed E-state index contributed by atoms with van der Waals surface area (Å²) in [6, 6.07) is 11.8. The molecule has 0 aliphatic carbocycles. The van der Waals surface area contributed by atoms with E-state index in [0.717, 1.165) is 0 Å². The number of aryl methyl sites for hydroxylation is 1. The number of pyridine rings is 1. The van der Waals surface area contributed by atoms with Crippen LogP contribution in [0.15, 0.2) is 36.4 Å². The summed E-state index contributed by atoms with van der Waals surface area (Å²) in [6.45, 7) is 1.98. The molecule has 0 aliphatic heterocycles. The normalized spacial score (nSPS) is 11.4. The summed E-state index contributed by atoms with van der Waals surface area (Å²) < 4.78 is 5.15. The molecule has 1 aromatic heterocycles. The van der Waals surface area contributed by atoms with Gasteiger partial charge in [0.05, 0.1) is 11.6 Å². The Hall–Kier alpha value is -2.66. The molecule has 2 rings (SSSR count). The number of anilines is 1. The fourth-order valence-corrected chi connectivity index (χ4v) is 2.76. The Labute approximate surface area is 179 Å². The van der Waals surface area contributed by atoms with Crippen molar-refractivity contribution in [3.8, 4) is 6.07 Å². The summed E-state index contributed by atoms with van der Waals surface area (Å²) in [5, 5.41) is 14.0. The molecule has 9 heteroatoms. The van der Waals surface area contributed by atoms with Crippen molar-refractivity contribution in [2.45, 2.75) is 18.9 Å². The van der Waals surface area contributed by atoms with Gasteiger partial charge in [-0.15, -0.1) is 11.6 Å². The van der Waals surface area contributed by atoms with Crippen LogP contribution in [0.25, 0.3) is 0 Å². The fraction of sp³-hybridized carbons (Fsp3) is 0.300. The molecule has 1 heterocycles. The second kappa shape index (κ2) is 11.4. The largest absolute Gasteiger partial charge is 0.351 e. The number of amides is 2. The Morgan fingerprint density at radius 1 is 1.28 bits per heavy atom. The monoisotopic (exact) mass is 434 g/mol. The standard InChI is InChI=1S/C20H20Cl2N4O3/c1-13-6-7-16(17(25-13)20(28)24-10-3-8-21)19(27)26-15-5-2-4-14(12-15)18(22)29-11-9-23/h2,4-7,12,18H,3,8,10-11H2,1H3,(H,24,28)(H,26,27). The minimum Gasteiger partial charge on any atom is -0.351 e. The average molecular weight is 435 g/mol. The third kappa shape index (κ3) is 6.71. The van der Waals surface area contributed by atoms with Crippen LogP contribution < -0.4 is 10.6 Å². The van der Waals surface area contributed by atoms with E-state index in [0.29, 0.717) is 35.8 Å². The van der Waals surface area contributed by atoms with E-state index in [1.165, 1.54) is 0 Å². The van der Waals surface area contributed by atoms with E-state index in [1.807, 2.05) is 6.07 Å². The van der Waals surface area contributed by atoms with E-state index in [9.17, 15) is 9.59 Å². The van der Waals surface area contributed by atoms with Gasteiger partial charge in [-0.1, -0.05) is 23.7 Å². The van der Waals surface area contributed by atoms with Crippen LogP contribution in [0, 0.1) is 18.3 Å². The van der Waals surface area contributed by atoms with Crippen LogP contribution in [0.1, 0.15) is 44.1 Å². The molecule has 0 saturated heterocycles. The Morgan fingerprint density at radius 2 is 2.07 bits per heavy atom. The first-order chi connectivity index (χ1) is 14.0. The number of halogens is 2. The maximum atomic E-state index is 12.8. The highest BCUT2D eigenvalue weighted by molar-refractivity contribution is 6.20. The lowest BCUT2D eigenvalue weighted by molar-refractivity contribution is 0.0935. The second-order valence-corrected chi connectivity index (χ2v) is 6.79. The zero-order chi connectivity index (χ0) is 21.2. The third-order valence-corrected chi connectivity index (χ3v) is 4.44. The zero-order valence-electron chi connectivity index (χ0n) is 15.7. The molecule has 29 heavy (non-hydrogen) atoms. The van der Waals surface area contributed by atoms with Crippen LogP contribution in [0.4, 0.5) is 5.69 Å². The molecule has 1 unspecified atom stereocenters. The minimum absolute atomic E-state index is 0.0424. The molecular formula is C20H20Cl2N4O3. The number of nitriles is 1. The van der Waals surface area contributed by atoms with Crippen LogP contribution in [-0.2, 0) is 4.74 Å². The van der Waals surface area contributed by atoms with Crippen LogP contribution in [-0.4, -0.2) is 35.8 Å². The summed E-state index contributed by atoms with van der Waals surface area (Å²) >= 11 is 11.7. The average Bonchev–Trinajstić information content (AvgIpc) is 2.72. The Kier molecular flexibility index (Phi) is 8.87. The first kappa shape index (κ1) is 22.6. The predicted octanol–water partition coefficient (Wildman–Crippen LogP) is 3.78. The number of carbonyl (C=O) groups is 2.